The van der Waals surface area contributed by atoms with Crippen LogP contribution in [-0.4, -0.2) is 23.6 Å². The molecule has 2 N–H and O–H groups in total. The van der Waals surface area contributed by atoms with Crippen LogP contribution in [0.1, 0.15) is 25.0 Å². The van der Waals surface area contributed by atoms with Crippen LogP contribution in [0.4, 0.5) is 0 Å². The van der Waals surface area contributed by atoms with E-state index in [1.165, 1.54) is 11.8 Å². The predicted molar refractivity (Wildman–Crippen MR) is 108 cm³/mol. The van der Waals surface area contributed by atoms with Gasteiger partial charge in [-0.1, -0.05) is 48.2 Å². The standard InChI is InChI=1S/C22H16N2O4S/c1-11-17(21(27)23-19(11)25)13-7-3-5-9-15(13)29-16-10-6-4-8-14(16)18-12(2)20(26)24-22(18)28/h3-10H,1-2H3,(H,23,25,27)(H,24,26,28). The normalized spacial score (nSPS) is 16.6. The Morgan fingerprint density at radius 3 is 1.31 bits per heavy atom. The zero-order chi connectivity index (χ0) is 20.7. The van der Waals surface area contributed by atoms with Gasteiger partial charge in [0.1, 0.15) is 0 Å². The Morgan fingerprint density at radius 2 is 0.966 bits per heavy atom. The largest absolute Gasteiger partial charge is 0.288 e. The van der Waals surface area contributed by atoms with Gasteiger partial charge in [-0.25, -0.2) is 0 Å². The van der Waals surface area contributed by atoms with Gasteiger partial charge in [0.05, 0.1) is 11.1 Å². The van der Waals surface area contributed by atoms with Crippen molar-refractivity contribution < 1.29 is 19.2 Å². The van der Waals surface area contributed by atoms with Gasteiger partial charge in [-0.3, -0.25) is 29.8 Å². The number of amides is 4. The average molecular weight is 404 g/mol. The van der Waals surface area contributed by atoms with Crippen LogP contribution in [0.2, 0.25) is 0 Å². The lowest BCUT2D eigenvalue weighted by atomic mass is 10.0. The van der Waals surface area contributed by atoms with Crippen LogP contribution in [0.25, 0.3) is 11.1 Å². The van der Waals surface area contributed by atoms with Gasteiger partial charge < -0.3 is 0 Å². The molecule has 4 rings (SSSR count). The van der Waals surface area contributed by atoms with Crippen molar-refractivity contribution in [1.82, 2.24) is 10.6 Å². The Kier molecular flexibility index (Phi) is 4.68. The third kappa shape index (κ3) is 3.19. The van der Waals surface area contributed by atoms with Crippen molar-refractivity contribution >= 4 is 46.5 Å². The molecule has 29 heavy (non-hydrogen) atoms. The van der Waals surface area contributed by atoms with E-state index >= 15 is 0 Å². The fraction of sp³-hybridized carbons (Fsp3) is 0.0909. The summed E-state index contributed by atoms with van der Waals surface area (Å²) in [4.78, 5) is 49.9. The Balaban J connectivity index is 1.81. The van der Waals surface area contributed by atoms with Crippen molar-refractivity contribution in [2.24, 2.45) is 0 Å². The molecule has 2 aliphatic rings. The maximum absolute atomic E-state index is 12.3. The minimum Gasteiger partial charge on any atom is -0.288 e. The molecular weight excluding hydrogens is 388 g/mol. The number of carbonyl (C=O) groups is 4. The summed E-state index contributed by atoms with van der Waals surface area (Å²) >= 11 is 1.37. The topological polar surface area (TPSA) is 92.3 Å². The number of hydrogen-bond donors (Lipinski definition) is 2. The number of nitrogens with one attached hydrogen (secondary N) is 2. The monoisotopic (exact) mass is 404 g/mol. The highest BCUT2D eigenvalue weighted by molar-refractivity contribution is 7.99. The van der Waals surface area contributed by atoms with Crippen molar-refractivity contribution in [3.05, 3.63) is 70.8 Å². The van der Waals surface area contributed by atoms with Gasteiger partial charge in [0.15, 0.2) is 0 Å². The zero-order valence-corrected chi connectivity index (χ0v) is 16.5. The second-order valence-electron chi connectivity index (χ2n) is 6.66. The molecule has 6 nitrogen and oxygen atoms in total. The lowest BCUT2D eigenvalue weighted by molar-refractivity contribution is -0.125. The molecule has 0 saturated carbocycles. The van der Waals surface area contributed by atoms with Gasteiger partial charge in [0, 0.05) is 32.1 Å². The molecule has 2 heterocycles. The summed E-state index contributed by atoms with van der Waals surface area (Å²) in [5, 5.41) is 4.64. The molecule has 0 spiro atoms. The third-order valence-corrected chi connectivity index (χ3v) is 6.02. The van der Waals surface area contributed by atoms with Crippen molar-refractivity contribution in [3.63, 3.8) is 0 Å². The zero-order valence-electron chi connectivity index (χ0n) is 15.7. The number of carbonyl (C=O) groups excluding carboxylic acids is 4. The van der Waals surface area contributed by atoms with Gasteiger partial charge in [0.2, 0.25) is 0 Å². The summed E-state index contributed by atoms with van der Waals surface area (Å²) in [6, 6.07) is 14.6. The van der Waals surface area contributed by atoms with Crippen LogP contribution in [-0.2, 0) is 19.2 Å². The van der Waals surface area contributed by atoms with Crippen molar-refractivity contribution in [2.45, 2.75) is 23.6 Å². The molecule has 0 fully saturated rings. The number of benzene rings is 2. The Morgan fingerprint density at radius 1 is 0.586 bits per heavy atom. The molecule has 0 radical (unpaired) electrons. The Labute approximate surface area is 171 Å². The SMILES string of the molecule is CC1=C(c2ccccc2Sc2ccccc2C2=C(C)C(=O)NC2=O)C(=O)NC1=O. The predicted octanol–water partition coefficient (Wildman–Crippen LogP) is 2.70. The first-order valence-corrected chi connectivity index (χ1v) is 9.70. The molecule has 0 atom stereocenters. The van der Waals surface area contributed by atoms with E-state index in [1.807, 2.05) is 24.3 Å². The lowest BCUT2D eigenvalue weighted by Crippen LogP contribution is -2.22. The van der Waals surface area contributed by atoms with Gasteiger partial charge >= 0.3 is 0 Å². The molecule has 0 saturated heterocycles. The highest BCUT2D eigenvalue weighted by atomic mass is 32.2. The first kappa shape index (κ1) is 18.9. The van der Waals surface area contributed by atoms with Crippen molar-refractivity contribution in [3.8, 4) is 0 Å². The fourth-order valence-corrected chi connectivity index (χ4v) is 4.47. The van der Waals surface area contributed by atoms with E-state index in [0.29, 0.717) is 33.4 Å². The molecule has 2 aromatic carbocycles. The van der Waals surface area contributed by atoms with Crippen molar-refractivity contribution in [2.75, 3.05) is 0 Å². The maximum Gasteiger partial charge on any atom is 0.259 e. The summed E-state index contributed by atoms with van der Waals surface area (Å²) in [5.74, 6) is -1.64. The maximum atomic E-state index is 12.3. The van der Waals surface area contributed by atoms with E-state index in [4.69, 9.17) is 0 Å². The highest BCUT2D eigenvalue weighted by Crippen LogP contribution is 2.40. The lowest BCUT2D eigenvalue weighted by Gasteiger charge is -2.13. The van der Waals surface area contributed by atoms with E-state index in [1.54, 1.807) is 38.1 Å². The second-order valence-corrected chi connectivity index (χ2v) is 7.74. The molecule has 4 amide bonds. The number of rotatable bonds is 4. The van der Waals surface area contributed by atoms with E-state index in [2.05, 4.69) is 10.6 Å². The molecule has 2 aliphatic heterocycles. The van der Waals surface area contributed by atoms with Crippen LogP contribution in [0.3, 0.4) is 0 Å². The quantitative estimate of drug-likeness (QED) is 0.765. The number of imide groups is 2. The van der Waals surface area contributed by atoms with Crippen LogP contribution in [0.15, 0.2) is 69.5 Å². The number of hydrogen-bond acceptors (Lipinski definition) is 5. The molecule has 0 aliphatic carbocycles. The minimum atomic E-state index is -0.423. The molecular formula is C22H16N2O4S. The summed E-state index contributed by atoms with van der Waals surface area (Å²) in [6.45, 7) is 3.24. The van der Waals surface area contributed by atoms with Crippen LogP contribution < -0.4 is 10.6 Å². The minimum absolute atomic E-state index is 0.347. The molecule has 2 aromatic rings. The van der Waals surface area contributed by atoms with Gasteiger partial charge in [-0.05, 0) is 26.0 Å². The average Bonchev–Trinajstić information content (AvgIpc) is 3.10. The Bertz CT molecular complexity index is 1090. The van der Waals surface area contributed by atoms with E-state index in [-0.39, 0.29) is 0 Å². The summed E-state index contributed by atoms with van der Waals surface area (Å²) in [6.07, 6.45) is 0. The third-order valence-electron chi connectivity index (χ3n) is 4.87. The smallest absolute Gasteiger partial charge is 0.259 e. The molecule has 144 valence electrons. The second kappa shape index (κ2) is 7.18. The molecule has 0 unspecified atom stereocenters. The van der Waals surface area contributed by atoms with E-state index in [9.17, 15) is 19.2 Å². The first-order valence-electron chi connectivity index (χ1n) is 8.88. The Hall–Kier alpha value is -3.45. The first-order chi connectivity index (χ1) is 13.9. The molecule has 7 heteroatoms. The van der Waals surface area contributed by atoms with E-state index < -0.39 is 23.6 Å². The van der Waals surface area contributed by atoms with Crippen LogP contribution in [0.5, 0.6) is 0 Å². The van der Waals surface area contributed by atoms with Gasteiger partial charge in [-0.15, -0.1) is 0 Å². The highest BCUT2D eigenvalue weighted by Gasteiger charge is 2.31. The van der Waals surface area contributed by atoms with E-state index in [0.717, 1.165) is 9.79 Å². The summed E-state index contributed by atoms with van der Waals surface area (Å²) in [5.41, 5.74) is 2.72. The molecule has 0 bridgehead atoms. The van der Waals surface area contributed by atoms with Crippen molar-refractivity contribution in [1.29, 1.82) is 0 Å². The van der Waals surface area contributed by atoms with Gasteiger partial charge in [-0.2, -0.15) is 0 Å². The van der Waals surface area contributed by atoms with Crippen LogP contribution >= 0.6 is 11.8 Å². The van der Waals surface area contributed by atoms with Crippen LogP contribution in [0, 0.1) is 0 Å². The summed E-state index contributed by atoms with van der Waals surface area (Å²) in [7, 11) is 0. The molecule has 0 aromatic heterocycles. The van der Waals surface area contributed by atoms with Gasteiger partial charge in [0.25, 0.3) is 23.6 Å². The fourth-order valence-electron chi connectivity index (χ4n) is 3.38. The summed E-state index contributed by atoms with van der Waals surface area (Å²) < 4.78 is 0.